The van der Waals surface area contributed by atoms with E-state index in [1.165, 1.54) is 26.3 Å². The van der Waals surface area contributed by atoms with Crippen molar-refractivity contribution in [2.75, 3.05) is 25.6 Å². The quantitative estimate of drug-likeness (QED) is 0.155. The zero-order chi connectivity index (χ0) is 30.3. The molecule has 0 amide bonds. The van der Waals surface area contributed by atoms with Gasteiger partial charge in [-0.25, -0.2) is 4.21 Å². The van der Waals surface area contributed by atoms with Crippen molar-refractivity contribution in [1.29, 1.82) is 0 Å². The largest absolute Gasteiger partial charge is 0.396 e. The standard InChI is InChI=1S/C15H18N6O6S2.C8H10O2S/c1-3-8-4-5-9(11(6-8)28(22,23)24)19-20-10-7-12(29(25,26)27)14(17)15(13(10)16)21-18-2;1-7-3-5-8(6-4-7)11(9)10-2/h4-7H,3,16-17H2,1-2H3,(H,22,23,24)(H,25,26,27);3-6H,1-2H3. The van der Waals surface area contributed by atoms with Gasteiger partial charge in [0.2, 0.25) is 0 Å². The van der Waals surface area contributed by atoms with Gasteiger partial charge in [-0.1, -0.05) is 30.7 Å². The first kappa shape index (κ1) is 32.6. The Bertz CT molecular complexity index is 1670. The van der Waals surface area contributed by atoms with Crippen molar-refractivity contribution in [2.45, 2.75) is 35.0 Å². The molecule has 3 aromatic carbocycles. The van der Waals surface area contributed by atoms with E-state index in [-0.39, 0.29) is 22.7 Å². The van der Waals surface area contributed by atoms with Crippen LogP contribution < -0.4 is 11.5 Å². The van der Waals surface area contributed by atoms with Crippen LogP contribution in [0.15, 0.2) is 83.7 Å². The molecular weight excluding hydrogens is 584 g/mol. The monoisotopic (exact) mass is 612 g/mol. The summed E-state index contributed by atoms with van der Waals surface area (Å²) < 4.78 is 80.9. The van der Waals surface area contributed by atoms with E-state index < -0.39 is 46.8 Å². The Morgan fingerprint density at radius 3 is 1.93 bits per heavy atom. The second-order valence-corrected chi connectivity index (χ2v) is 11.9. The molecular formula is C23H28N6O8S3. The third kappa shape index (κ3) is 8.44. The maximum Gasteiger partial charge on any atom is 0.296 e. The van der Waals surface area contributed by atoms with Gasteiger partial charge in [-0.2, -0.15) is 27.1 Å². The van der Waals surface area contributed by atoms with E-state index >= 15 is 0 Å². The fraction of sp³-hybridized carbons (Fsp3) is 0.217. The Kier molecular flexibility index (Phi) is 11.1. The van der Waals surface area contributed by atoms with Gasteiger partial charge in [0.1, 0.15) is 26.9 Å². The molecule has 14 nitrogen and oxygen atoms in total. The lowest BCUT2D eigenvalue weighted by molar-refractivity contribution is 0.445. The highest BCUT2D eigenvalue weighted by Crippen LogP contribution is 2.42. The van der Waals surface area contributed by atoms with Crippen molar-refractivity contribution in [3.8, 4) is 0 Å². The van der Waals surface area contributed by atoms with Gasteiger partial charge in [-0.3, -0.25) is 13.3 Å². The van der Waals surface area contributed by atoms with Crippen LogP contribution in [0.1, 0.15) is 18.1 Å². The first-order valence-corrected chi connectivity index (χ1v) is 15.1. The molecule has 1 unspecified atom stereocenters. The van der Waals surface area contributed by atoms with Gasteiger partial charge in [-0.05, 0) is 49.2 Å². The normalized spacial score (nSPS) is 12.8. The second-order valence-electron chi connectivity index (χ2n) is 7.89. The molecule has 0 heterocycles. The number of nitrogen functional groups attached to an aromatic ring is 2. The van der Waals surface area contributed by atoms with Gasteiger partial charge < -0.3 is 11.5 Å². The van der Waals surface area contributed by atoms with Gasteiger partial charge in [0.05, 0.1) is 23.4 Å². The summed E-state index contributed by atoms with van der Waals surface area (Å²) in [5.41, 5.74) is 12.0. The average Bonchev–Trinajstić information content (AvgIpc) is 2.89. The molecule has 0 aromatic heterocycles. The summed E-state index contributed by atoms with van der Waals surface area (Å²) in [7, 11) is -6.65. The Morgan fingerprint density at radius 2 is 1.43 bits per heavy atom. The van der Waals surface area contributed by atoms with Crippen molar-refractivity contribution in [3.63, 3.8) is 0 Å². The molecule has 0 spiro atoms. The first-order valence-electron chi connectivity index (χ1n) is 11.2. The van der Waals surface area contributed by atoms with Gasteiger partial charge in [0.25, 0.3) is 20.2 Å². The van der Waals surface area contributed by atoms with Crippen LogP contribution in [0.25, 0.3) is 0 Å². The van der Waals surface area contributed by atoms with E-state index in [0.717, 1.165) is 11.6 Å². The molecule has 216 valence electrons. The highest BCUT2D eigenvalue weighted by molar-refractivity contribution is 7.86. The summed E-state index contributed by atoms with van der Waals surface area (Å²) in [5.74, 6) is 0. The predicted octanol–water partition coefficient (Wildman–Crippen LogP) is 4.70. The molecule has 0 aliphatic rings. The molecule has 40 heavy (non-hydrogen) atoms. The highest BCUT2D eigenvalue weighted by atomic mass is 32.2. The van der Waals surface area contributed by atoms with Crippen LogP contribution in [0, 0.1) is 6.92 Å². The topological polar surface area (TPSA) is 237 Å². The molecule has 1 atom stereocenters. The molecule has 17 heteroatoms. The molecule has 0 bridgehead atoms. The molecule has 0 fully saturated rings. The van der Waals surface area contributed by atoms with E-state index in [1.807, 2.05) is 19.1 Å². The van der Waals surface area contributed by atoms with Crippen molar-refractivity contribution >= 4 is 59.8 Å². The molecule has 3 rings (SSSR count). The summed E-state index contributed by atoms with van der Waals surface area (Å²) in [5, 5.41) is 14.6. The third-order valence-electron chi connectivity index (χ3n) is 5.14. The zero-order valence-corrected chi connectivity index (χ0v) is 24.3. The maximum absolute atomic E-state index is 11.6. The van der Waals surface area contributed by atoms with Crippen LogP contribution >= 0.6 is 0 Å². The Balaban J connectivity index is 0.000000425. The van der Waals surface area contributed by atoms with Crippen molar-refractivity contribution in [2.24, 2.45) is 20.5 Å². The lowest BCUT2D eigenvalue weighted by Crippen LogP contribution is -2.05. The van der Waals surface area contributed by atoms with Crippen LogP contribution in [-0.2, 0) is 41.9 Å². The first-order chi connectivity index (χ1) is 18.6. The molecule has 6 N–H and O–H groups in total. The highest BCUT2D eigenvalue weighted by Gasteiger charge is 2.23. The van der Waals surface area contributed by atoms with Crippen molar-refractivity contribution in [1.82, 2.24) is 0 Å². The SMILES string of the molecule is CCc1ccc(N=Nc2cc(S(=O)(=O)O)c(N)c(N=NC)c2N)c(S(=O)(=O)O)c1.COS(=O)c1ccc(C)cc1. The van der Waals surface area contributed by atoms with Crippen LogP contribution in [0.5, 0.6) is 0 Å². The lowest BCUT2D eigenvalue weighted by Gasteiger charge is -2.10. The number of nitrogens with zero attached hydrogens (tertiary/aromatic N) is 4. The van der Waals surface area contributed by atoms with Gasteiger partial charge in [-0.15, -0.1) is 10.2 Å². The Labute approximate surface area is 234 Å². The van der Waals surface area contributed by atoms with E-state index in [2.05, 4.69) is 24.6 Å². The summed E-state index contributed by atoms with van der Waals surface area (Å²) in [6.07, 6.45) is 0.508. The van der Waals surface area contributed by atoms with Crippen LogP contribution in [0.2, 0.25) is 0 Å². The molecule has 0 saturated heterocycles. The minimum absolute atomic E-state index is 0.206. The van der Waals surface area contributed by atoms with E-state index in [4.69, 9.17) is 11.5 Å². The number of azo groups is 2. The molecule has 3 aromatic rings. The Hall–Kier alpha value is -3.61. The van der Waals surface area contributed by atoms with Crippen molar-refractivity contribution in [3.05, 3.63) is 59.7 Å². The zero-order valence-electron chi connectivity index (χ0n) is 21.8. The van der Waals surface area contributed by atoms with Gasteiger partial charge in [0, 0.05) is 7.05 Å². The molecule has 0 radical (unpaired) electrons. The summed E-state index contributed by atoms with van der Waals surface area (Å²) in [6.45, 7) is 3.78. The fourth-order valence-electron chi connectivity index (χ4n) is 3.09. The lowest BCUT2D eigenvalue weighted by atomic mass is 10.1. The number of hydrogen-bond donors (Lipinski definition) is 4. The molecule has 0 aliphatic carbocycles. The van der Waals surface area contributed by atoms with Crippen molar-refractivity contribution < 1.29 is 34.3 Å². The van der Waals surface area contributed by atoms with E-state index in [1.54, 1.807) is 25.1 Å². The maximum atomic E-state index is 11.6. The summed E-state index contributed by atoms with van der Waals surface area (Å²) >= 11 is -1.30. The van der Waals surface area contributed by atoms with E-state index in [0.29, 0.717) is 16.9 Å². The van der Waals surface area contributed by atoms with Crippen LogP contribution in [0.4, 0.5) is 28.4 Å². The third-order valence-corrected chi connectivity index (χ3v) is 7.87. The number of rotatable bonds is 8. The number of benzene rings is 3. The van der Waals surface area contributed by atoms with Crippen LogP contribution in [0.3, 0.4) is 0 Å². The number of nitrogens with two attached hydrogens (primary N) is 2. The average molecular weight is 613 g/mol. The number of anilines is 2. The minimum atomic E-state index is -4.76. The predicted molar refractivity (Wildman–Crippen MR) is 150 cm³/mol. The Morgan fingerprint density at radius 1 is 0.850 bits per heavy atom. The van der Waals surface area contributed by atoms with Gasteiger partial charge >= 0.3 is 0 Å². The van der Waals surface area contributed by atoms with E-state index in [9.17, 15) is 30.1 Å². The smallest absolute Gasteiger partial charge is 0.296 e. The van der Waals surface area contributed by atoms with Crippen LogP contribution in [-0.4, -0.2) is 44.3 Å². The molecule has 0 saturated carbocycles. The number of hydrogen-bond acceptors (Lipinski definition) is 12. The minimum Gasteiger partial charge on any atom is -0.396 e. The second kappa shape index (κ2) is 13.6. The van der Waals surface area contributed by atoms with Gasteiger partial charge in [0.15, 0.2) is 11.1 Å². The summed E-state index contributed by atoms with van der Waals surface area (Å²) in [6, 6.07) is 12.4. The number of aryl methyl sites for hydroxylation is 2. The molecule has 0 aliphatic heterocycles. The fourth-order valence-corrected chi connectivity index (χ4v) is 4.95. The summed E-state index contributed by atoms with van der Waals surface area (Å²) in [4.78, 5) is -0.504.